The van der Waals surface area contributed by atoms with E-state index in [1.165, 1.54) is 32.1 Å². The van der Waals surface area contributed by atoms with Crippen molar-refractivity contribution in [2.24, 2.45) is 0 Å². The van der Waals surface area contributed by atoms with Gasteiger partial charge in [0.1, 0.15) is 0 Å². The maximum atomic E-state index is 4.25. The summed E-state index contributed by atoms with van der Waals surface area (Å²) in [6, 6.07) is 0. The molecule has 0 N–H and O–H groups in total. The first-order valence-electron chi connectivity index (χ1n) is 5.80. The molecule has 0 radical (unpaired) electrons. The molecule has 0 bridgehead atoms. The predicted molar refractivity (Wildman–Crippen MR) is 66.9 cm³/mol. The summed E-state index contributed by atoms with van der Waals surface area (Å²) in [5.41, 5.74) is 1.34. The minimum Gasteiger partial charge on any atom is -0.238 e. The molecule has 0 saturated carbocycles. The van der Waals surface area contributed by atoms with Crippen LogP contribution in [-0.2, 0) is 5.41 Å². The average molecular weight is 227 g/mol. The summed E-state index contributed by atoms with van der Waals surface area (Å²) in [7, 11) is 2.53. The average Bonchev–Trinajstić information content (AvgIpc) is 2.63. The molecule has 2 atom stereocenters. The highest BCUT2D eigenvalue weighted by Crippen LogP contribution is 2.32. The van der Waals surface area contributed by atoms with E-state index in [-0.39, 0.29) is 5.41 Å². The van der Waals surface area contributed by atoms with Crippen molar-refractivity contribution in [3.63, 3.8) is 0 Å². The highest BCUT2D eigenvalue weighted by Gasteiger charge is 2.27. The van der Waals surface area contributed by atoms with Crippen molar-refractivity contribution in [3.8, 4) is 0 Å². The van der Waals surface area contributed by atoms with Crippen LogP contribution in [0.2, 0.25) is 0 Å². The van der Waals surface area contributed by atoms with Crippen LogP contribution in [0.25, 0.3) is 0 Å². The zero-order chi connectivity index (χ0) is 11.3. The van der Waals surface area contributed by atoms with Gasteiger partial charge in [0.2, 0.25) is 0 Å². The van der Waals surface area contributed by atoms with Gasteiger partial charge in [-0.1, -0.05) is 45.2 Å². The Bertz CT molecular complexity index is 298. The molecular weight excluding hydrogens is 205 g/mol. The Morgan fingerprint density at radius 2 is 2.07 bits per heavy atom. The van der Waals surface area contributed by atoms with Crippen LogP contribution in [0, 0.1) is 0 Å². The van der Waals surface area contributed by atoms with Gasteiger partial charge >= 0.3 is 0 Å². The third-order valence-electron chi connectivity index (χ3n) is 3.01. The molecule has 86 valence electrons. The van der Waals surface area contributed by atoms with Crippen molar-refractivity contribution in [1.29, 1.82) is 0 Å². The maximum absolute atomic E-state index is 4.25. The van der Waals surface area contributed by atoms with Crippen molar-refractivity contribution in [3.05, 3.63) is 11.9 Å². The fourth-order valence-corrected chi connectivity index (χ4v) is 2.25. The molecule has 1 aromatic heterocycles. The van der Waals surface area contributed by atoms with Crippen LogP contribution in [0.1, 0.15) is 58.6 Å². The van der Waals surface area contributed by atoms with Crippen LogP contribution < -0.4 is 0 Å². The summed E-state index contributed by atoms with van der Waals surface area (Å²) in [6.07, 6.45) is 8.13. The monoisotopic (exact) mass is 227 g/mol. The fraction of sp³-hybridized carbons (Fsp3) is 0.818. The Morgan fingerprint density at radius 3 is 2.53 bits per heavy atom. The van der Waals surface area contributed by atoms with Crippen molar-refractivity contribution in [2.75, 3.05) is 0 Å². The van der Waals surface area contributed by atoms with E-state index in [1.807, 2.05) is 6.20 Å². The Kier molecular flexibility index (Phi) is 4.72. The normalized spacial score (nSPS) is 15.2. The molecule has 2 unspecified atom stereocenters. The fourth-order valence-electron chi connectivity index (χ4n) is 2.05. The van der Waals surface area contributed by atoms with E-state index in [0.29, 0.717) is 0 Å². The summed E-state index contributed by atoms with van der Waals surface area (Å²) < 4.78 is 1.72. The highest BCUT2D eigenvalue weighted by atomic mass is 31.0. The molecule has 0 spiro atoms. The smallest absolute Gasteiger partial charge is 0.0889 e. The summed E-state index contributed by atoms with van der Waals surface area (Å²) in [4.78, 5) is 0. The third-order valence-corrected chi connectivity index (χ3v) is 3.26. The molecule has 0 aliphatic carbocycles. The molecule has 15 heavy (non-hydrogen) atoms. The Labute approximate surface area is 94.9 Å². The summed E-state index contributed by atoms with van der Waals surface area (Å²) >= 11 is 0. The van der Waals surface area contributed by atoms with Crippen molar-refractivity contribution >= 4 is 9.39 Å². The van der Waals surface area contributed by atoms with Crippen LogP contribution in [0.3, 0.4) is 0 Å². The van der Waals surface area contributed by atoms with Crippen LogP contribution in [0.5, 0.6) is 0 Å². The lowest BCUT2D eigenvalue weighted by Crippen LogP contribution is -2.22. The maximum Gasteiger partial charge on any atom is 0.0889 e. The lowest BCUT2D eigenvalue weighted by atomic mass is 9.78. The first-order chi connectivity index (χ1) is 7.12. The van der Waals surface area contributed by atoms with Gasteiger partial charge in [0.15, 0.2) is 0 Å². The minimum atomic E-state index is 0.208. The molecule has 0 amide bonds. The van der Waals surface area contributed by atoms with Gasteiger partial charge in [-0.2, -0.15) is 0 Å². The first-order valence-corrected chi connectivity index (χ1v) is 6.32. The number of unbranched alkanes of at least 4 members (excludes halogenated alkanes) is 1. The largest absolute Gasteiger partial charge is 0.238 e. The lowest BCUT2D eigenvalue weighted by Gasteiger charge is -2.26. The summed E-state index contributed by atoms with van der Waals surface area (Å²) in [5, 5.41) is 8.25. The predicted octanol–water partition coefficient (Wildman–Crippen LogP) is 3.16. The van der Waals surface area contributed by atoms with E-state index in [1.54, 1.807) is 4.45 Å². The van der Waals surface area contributed by atoms with Crippen LogP contribution in [-0.4, -0.2) is 14.8 Å². The minimum absolute atomic E-state index is 0.208. The van der Waals surface area contributed by atoms with Gasteiger partial charge in [-0.25, -0.2) is 4.45 Å². The van der Waals surface area contributed by atoms with Gasteiger partial charge in [-0.15, -0.1) is 5.10 Å². The Hall–Kier alpha value is -0.430. The van der Waals surface area contributed by atoms with E-state index in [4.69, 9.17) is 0 Å². The molecule has 0 saturated heterocycles. The number of rotatable bonds is 6. The lowest BCUT2D eigenvalue weighted by molar-refractivity contribution is 0.372. The molecule has 0 fully saturated rings. The van der Waals surface area contributed by atoms with Gasteiger partial charge in [-0.05, 0) is 22.2 Å². The van der Waals surface area contributed by atoms with Crippen LogP contribution in [0.4, 0.5) is 0 Å². The molecule has 4 heteroatoms. The van der Waals surface area contributed by atoms with Crippen molar-refractivity contribution in [2.45, 2.75) is 58.3 Å². The van der Waals surface area contributed by atoms with E-state index in [2.05, 4.69) is 40.5 Å². The molecule has 1 aromatic rings. The molecule has 0 aromatic carbocycles. The quantitative estimate of drug-likeness (QED) is 0.699. The van der Waals surface area contributed by atoms with Gasteiger partial charge in [-0.3, -0.25) is 0 Å². The van der Waals surface area contributed by atoms with E-state index in [9.17, 15) is 0 Å². The molecule has 3 nitrogen and oxygen atoms in total. The van der Waals surface area contributed by atoms with E-state index in [0.717, 1.165) is 5.69 Å². The van der Waals surface area contributed by atoms with Crippen molar-refractivity contribution < 1.29 is 0 Å². The number of hydrogen-bond donors (Lipinski definition) is 0. The van der Waals surface area contributed by atoms with Gasteiger partial charge in [0, 0.05) is 5.41 Å². The van der Waals surface area contributed by atoms with E-state index < -0.39 is 0 Å². The third kappa shape index (κ3) is 3.27. The summed E-state index contributed by atoms with van der Waals surface area (Å²) in [6.45, 7) is 6.77. The van der Waals surface area contributed by atoms with Crippen molar-refractivity contribution in [1.82, 2.24) is 14.8 Å². The standard InChI is InChI=1S/C11H22N3P/c1-4-6-8-11(3,7-5-2)10-9-14(15)13-12-10/h9H,4-8,15H2,1-3H3. The van der Waals surface area contributed by atoms with E-state index >= 15 is 0 Å². The molecule has 1 rings (SSSR count). The molecule has 0 aliphatic rings. The topological polar surface area (TPSA) is 30.7 Å². The second-order valence-corrected chi connectivity index (χ2v) is 5.03. The van der Waals surface area contributed by atoms with Gasteiger partial charge in [0.05, 0.1) is 11.9 Å². The number of aromatic nitrogens is 3. The summed E-state index contributed by atoms with van der Waals surface area (Å²) in [5.74, 6) is 0. The zero-order valence-electron chi connectivity index (χ0n) is 10.0. The van der Waals surface area contributed by atoms with Gasteiger partial charge < -0.3 is 0 Å². The Balaban J connectivity index is 2.79. The number of nitrogens with zero attached hydrogens (tertiary/aromatic N) is 3. The second-order valence-electron chi connectivity index (χ2n) is 4.50. The Morgan fingerprint density at radius 1 is 1.33 bits per heavy atom. The molecule has 1 heterocycles. The first kappa shape index (κ1) is 12.6. The van der Waals surface area contributed by atoms with Gasteiger partial charge in [0.25, 0.3) is 0 Å². The molecular formula is C11H22N3P. The highest BCUT2D eigenvalue weighted by molar-refractivity contribution is 7.14. The number of hydrogen-bond acceptors (Lipinski definition) is 2. The zero-order valence-corrected chi connectivity index (χ0v) is 11.2. The SMILES string of the molecule is CCCCC(C)(CCC)c1cn(P)nn1. The molecule has 0 aliphatic heterocycles. The second kappa shape index (κ2) is 5.60. The van der Waals surface area contributed by atoms with Crippen LogP contribution >= 0.6 is 9.39 Å². The van der Waals surface area contributed by atoms with Crippen LogP contribution in [0.15, 0.2) is 6.20 Å².